The minimum atomic E-state index is -2.05. The molecule has 0 aliphatic rings. The van der Waals surface area contributed by atoms with E-state index in [0.29, 0.717) is 11.4 Å². The van der Waals surface area contributed by atoms with Crippen LogP contribution in [-0.2, 0) is 14.4 Å². The second kappa shape index (κ2) is 10.8. The normalized spacial score (nSPS) is 11.9. The van der Waals surface area contributed by atoms with E-state index in [-0.39, 0.29) is 6.61 Å². The molecule has 0 bridgehead atoms. The van der Waals surface area contributed by atoms with Crippen molar-refractivity contribution in [2.75, 3.05) is 11.9 Å². The first-order valence-electron chi connectivity index (χ1n) is 8.28. The van der Waals surface area contributed by atoms with Crippen LogP contribution >= 0.6 is 34.8 Å². The van der Waals surface area contributed by atoms with E-state index in [9.17, 15) is 9.59 Å². The molecule has 0 aliphatic heterocycles. The molecule has 152 valence electrons. The van der Waals surface area contributed by atoms with E-state index < -0.39 is 15.6 Å². The molecule has 0 saturated heterocycles. The Labute approximate surface area is 182 Å². The van der Waals surface area contributed by atoms with Crippen LogP contribution in [0.5, 0.6) is 0 Å². The van der Waals surface area contributed by atoms with Crippen LogP contribution in [0.4, 0.5) is 5.69 Å². The topological polar surface area (TPSA) is 92.2 Å². The summed E-state index contributed by atoms with van der Waals surface area (Å²) >= 11 is 16.5. The van der Waals surface area contributed by atoms with Gasteiger partial charge < -0.3 is 10.2 Å². The van der Waals surface area contributed by atoms with Crippen molar-refractivity contribution in [1.82, 2.24) is 5.43 Å². The Morgan fingerprint density at radius 1 is 1.07 bits per heavy atom. The van der Waals surface area contributed by atoms with E-state index in [1.807, 2.05) is 30.3 Å². The number of benzene rings is 2. The number of hydrazone groups is 1. The first-order chi connectivity index (χ1) is 13.8. The SMILES string of the molecule is C/C(=N/NC(=O)CO/N=C/c1ccccc1)c1ccc(NC(=O)C(Cl)(Cl)Cl)cc1. The molecule has 0 saturated carbocycles. The van der Waals surface area contributed by atoms with E-state index in [1.54, 1.807) is 31.2 Å². The van der Waals surface area contributed by atoms with Gasteiger partial charge in [0.2, 0.25) is 0 Å². The number of rotatable bonds is 7. The maximum atomic E-state index is 11.8. The predicted molar refractivity (Wildman–Crippen MR) is 116 cm³/mol. The highest BCUT2D eigenvalue weighted by Crippen LogP contribution is 2.27. The zero-order chi connectivity index (χ0) is 21.3. The molecule has 0 unspecified atom stereocenters. The van der Waals surface area contributed by atoms with Crippen LogP contribution in [0.15, 0.2) is 64.9 Å². The maximum absolute atomic E-state index is 11.8. The van der Waals surface area contributed by atoms with Gasteiger partial charge in [-0.25, -0.2) is 5.43 Å². The van der Waals surface area contributed by atoms with Crippen molar-refractivity contribution in [2.24, 2.45) is 10.3 Å². The lowest BCUT2D eigenvalue weighted by Gasteiger charge is -2.11. The van der Waals surface area contributed by atoms with Crippen molar-refractivity contribution >= 4 is 64.2 Å². The Hall–Kier alpha value is -2.61. The number of hydrogen-bond donors (Lipinski definition) is 2. The number of hydrogen-bond acceptors (Lipinski definition) is 5. The summed E-state index contributed by atoms with van der Waals surface area (Å²) in [5, 5.41) is 10.2. The summed E-state index contributed by atoms with van der Waals surface area (Å²) in [7, 11) is 0. The number of alkyl halides is 3. The molecule has 0 aliphatic carbocycles. The van der Waals surface area contributed by atoms with Crippen LogP contribution in [-0.4, -0.2) is 34.1 Å². The van der Waals surface area contributed by atoms with Gasteiger partial charge in [-0.05, 0) is 30.2 Å². The van der Waals surface area contributed by atoms with Gasteiger partial charge >= 0.3 is 0 Å². The van der Waals surface area contributed by atoms with Crippen LogP contribution in [0.2, 0.25) is 0 Å². The van der Waals surface area contributed by atoms with Crippen LogP contribution in [0.3, 0.4) is 0 Å². The molecule has 0 spiro atoms. The van der Waals surface area contributed by atoms with Gasteiger partial charge in [0.1, 0.15) is 0 Å². The van der Waals surface area contributed by atoms with E-state index in [4.69, 9.17) is 39.6 Å². The van der Waals surface area contributed by atoms with E-state index in [2.05, 4.69) is 21.0 Å². The van der Waals surface area contributed by atoms with E-state index in [1.165, 1.54) is 6.21 Å². The molecule has 2 aromatic carbocycles. The molecule has 2 amide bonds. The number of anilines is 1. The molecule has 29 heavy (non-hydrogen) atoms. The van der Waals surface area contributed by atoms with Gasteiger partial charge in [-0.15, -0.1) is 0 Å². The van der Waals surface area contributed by atoms with Gasteiger partial charge in [-0.2, -0.15) is 5.10 Å². The second-order valence-corrected chi connectivity index (χ2v) is 7.96. The Balaban J connectivity index is 1.81. The number of nitrogens with zero attached hydrogens (tertiary/aromatic N) is 2. The molecule has 2 rings (SSSR count). The fourth-order valence-electron chi connectivity index (χ4n) is 1.97. The first-order valence-corrected chi connectivity index (χ1v) is 9.41. The zero-order valence-electron chi connectivity index (χ0n) is 15.2. The van der Waals surface area contributed by atoms with Gasteiger partial charge in [0, 0.05) is 5.69 Å². The standard InChI is InChI=1S/C19H17Cl3N4O3/c1-13(15-7-9-16(10-8-15)24-18(28)19(20,21)22)25-26-17(27)12-29-23-11-14-5-3-2-4-6-14/h2-11H,12H2,1H3,(H,24,28)(H,26,27)/b23-11+,25-13-. The molecule has 7 nitrogen and oxygen atoms in total. The summed E-state index contributed by atoms with van der Waals surface area (Å²) in [5.74, 6) is -1.22. The molecule has 0 fully saturated rings. The minimum Gasteiger partial charge on any atom is -0.386 e. The van der Waals surface area contributed by atoms with Crippen molar-refractivity contribution in [3.63, 3.8) is 0 Å². The highest BCUT2D eigenvalue weighted by Gasteiger charge is 2.30. The number of carbonyl (C=O) groups excluding carboxylic acids is 2. The van der Waals surface area contributed by atoms with Gasteiger partial charge in [0.25, 0.3) is 15.6 Å². The Bertz CT molecular complexity index is 895. The summed E-state index contributed by atoms with van der Waals surface area (Å²) in [6, 6.07) is 16.0. The third-order valence-corrected chi connectivity index (χ3v) is 3.95. The van der Waals surface area contributed by atoms with Gasteiger partial charge in [0.15, 0.2) is 6.61 Å². The Morgan fingerprint density at radius 2 is 1.72 bits per heavy atom. The van der Waals surface area contributed by atoms with Gasteiger partial charge in [-0.1, -0.05) is 82.4 Å². The first kappa shape index (κ1) is 22.7. The largest absolute Gasteiger partial charge is 0.386 e. The quantitative estimate of drug-likeness (QED) is 0.377. The zero-order valence-corrected chi connectivity index (χ0v) is 17.5. The van der Waals surface area contributed by atoms with Gasteiger partial charge in [-0.3, -0.25) is 9.59 Å². The summed E-state index contributed by atoms with van der Waals surface area (Å²) in [6.45, 7) is 1.44. The average molecular weight is 456 g/mol. The summed E-state index contributed by atoms with van der Waals surface area (Å²) in [5.41, 5.74) is 4.95. The van der Waals surface area contributed by atoms with Crippen LogP contribution in [0, 0.1) is 0 Å². The molecule has 2 aromatic rings. The second-order valence-electron chi connectivity index (χ2n) is 5.68. The number of amides is 2. The average Bonchev–Trinajstić information content (AvgIpc) is 2.70. The highest BCUT2D eigenvalue weighted by atomic mass is 35.6. The molecule has 0 aromatic heterocycles. The van der Waals surface area contributed by atoms with Gasteiger partial charge in [0.05, 0.1) is 11.9 Å². The Kier molecular flexibility index (Phi) is 8.45. The highest BCUT2D eigenvalue weighted by molar-refractivity contribution is 6.76. The predicted octanol–water partition coefficient (Wildman–Crippen LogP) is 3.89. The number of oxime groups is 1. The molecule has 10 heteroatoms. The molecular formula is C19H17Cl3N4O3. The summed E-state index contributed by atoms with van der Waals surface area (Å²) < 4.78 is -2.05. The van der Waals surface area contributed by atoms with Crippen molar-refractivity contribution in [2.45, 2.75) is 10.7 Å². The van der Waals surface area contributed by atoms with Crippen molar-refractivity contribution in [3.05, 3.63) is 65.7 Å². The third-order valence-electron chi connectivity index (χ3n) is 3.44. The molecular weight excluding hydrogens is 439 g/mol. The van der Waals surface area contributed by atoms with E-state index >= 15 is 0 Å². The van der Waals surface area contributed by atoms with Crippen molar-refractivity contribution in [3.8, 4) is 0 Å². The molecule has 0 heterocycles. The Morgan fingerprint density at radius 3 is 2.34 bits per heavy atom. The molecule has 2 N–H and O–H groups in total. The van der Waals surface area contributed by atoms with Crippen LogP contribution in [0.1, 0.15) is 18.1 Å². The summed E-state index contributed by atoms with van der Waals surface area (Å²) in [6.07, 6.45) is 1.50. The molecule has 0 radical (unpaired) electrons. The van der Waals surface area contributed by atoms with Crippen LogP contribution in [0.25, 0.3) is 0 Å². The van der Waals surface area contributed by atoms with Crippen LogP contribution < -0.4 is 10.7 Å². The third kappa shape index (κ3) is 8.11. The fourth-order valence-corrected chi connectivity index (χ4v) is 2.11. The van der Waals surface area contributed by atoms with E-state index in [0.717, 1.165) is 11.1 Å². The lowest BCUT2D eigenvalue weighted by molar-refractivity contribution is -0.125. The molecule has 0 atom stereocenters. The minimum absolute atomic E-state index is 0.276. The summed E-state index contributed by atoms with van der Waals surface area (Å²) in [4.78, 5) is 28.3. The number of halogens is 3. The smallest absolute Gasteiger partial charge is 0.280 e. The van der Waals surface area contributed by atoms with Crippen molar-refractivity contribution in [1.29, 1.82) is 0 Å². The maximum Gasteiger partial charge on any atom is 0.280 e. The monoisotopic (exact) mass is 454 g/mol. The fraction of sp³-hybridized carbons (Fsp3) is 0.158. The number of nitrogens with one attached hydrogen (secondary N) is 2. The van der Waals surface area contributed by atoms with Crippen molar-refractivity contribution < 1.29 is 14.4 Å². The lowest BCUT2D eigenvalue weighted by Crippen LogP contribution is -2.26. The lowest BCUT2D eigenvalue weighted by atomic mass is 10.1. The number of carbonyl (C=O) groups is 2.